The largest absolute Gasteiger partial charge is 0.326 e. The van der Waals surface area contributed by atoms with Crippen molar-refractivity contribution < 1.29 is 8.42 Å². The normalized spacial score (nSPS) is 12.2. The average Bonchev–Trinajstić information content (AvgIpc) is 2.99. The molecule has 0 aliphatic rings. The van der Waals surface area contributed by atoms with Crippen molar-refractivity contribution in [3.8, 4) is 0 Å². The van der Waals surface area contributed by atoms with E-state index in [2.05, 4.69) is 0 Å². The Labute approximate surface area is 115 Å². The van der Waals surface area contributed by atoms with Gasteiger partial charge in [0.15, 0.2) is 0 Å². The lowest BCUT2D eigenvalue weighted by Gasteiger charge is -2.15. The summed E-state index contributed by atoms with van der Waals surface area (Å²) in [7, 11) is -1.81. The number of hydrogen-bond acceptors (Lipinski definition) is 5. The number of rotatable bonds is 5. The first-order valence-corrected chi connectivity index (χ1v) is 8.55. The van der Waals surface area contributed by atoms with Crippen LogP contribution in [0.1, 0.15) is 11.1 Å². The van der Waals surface area contributed by atoms with E-state index in [1.807, 2.05) is 16.8 Å². The van der Waals surface area contributed by atoms with Crippen LogP contribution in [0.5, 0.6) is 0 Å². The number of sulfonamides is 1. The average molecular weight is 302 g/mol. The van der Waals surface area contributed by atoms with E-state index >= 15 is 0 Å². The Balaban J connectivity index is 2.19. The summed E-state index contributed by atoms with van der Waals surface area (Å²) in [5.74, 6) is 0. The van der Waals surface area contributed by atoms with Gasteiger partial charge in [0.25, 0.3) is 10.0 Å². The maximum absolute atomic E-state index is 12.3. The van der Waals surface area contributed by atoms with Gasteiger partial charge in [0.2, 0.25) is 0 Å². The third kappa shape index (κ3) is 2.81. The fourth-order valence-corrected chi connectivity index (χ4v) is 4.72. The molecule has 0 aromatic carbocycles. The fourth-order valence-electron chi connectivity index (χ4n) is 1.47. The van der Waals surface area contributed by atoms with Crippen molar-refractivity contribution in [3.63, 3.8) is 0 Å². The van der Waals surface area contributed by atoms with Crippen LogP contribution in [-0.4, -0.2) is 19.8 Å². The Kier molecular flexibility index (Phi) is 4.18. The fraction of sp³-hybridized carbons (Fsp3) is 0.273. The molecule has 0 spiro atoms. The SMILES string of the molecule is CN(Cc1ccsc1)S(=O)(=O)c1cc(CN)cs1. The zero-order chi connectivity index (χ0) is 13.2. The van der Waals surface area contributed by atoms with E-state index in [-0.39, 0.29) is 0 Å². The van der Waals surface area contributed by atoms with Crippen LogP contribution in [0.4, 0.5) is 0 Å². The summed E-state index contributed by atoms with van der Waals surface area (Å²) >= 11 is 2.78. The Bertz CT molecular complexity index is 602. The molecule has 0 aliphatic heterocycles. The second-order valence-electron chi connectivity index (χ2n) is 3.87. The molecule has 0 saturated carbocycles. The molecule has 0 amide bonds. The molecule has 2 rings (SSSR count). The lowest BCUT2D eigenvalue weighted by Crippen LogP contribution is -2.25. The molecule has 0 bridgehead atoms. The van der Waals surface area contributed by atoms with Gasteiger partial charge in [0.1, 0.15) is 4.21 Å². The molecular weight excluding hydrogens is 288 g/mol. The van der Waals surface area contributed by atoms with Gasteiger partial charge in [-0.3, -0.25) is 0 Å². The van der Waals surface area contributed by atoms with Crippen LogP contribution >= 0.6 is 22.7 Å². The molecule has 4 nitrogen and oxygen atoms in total. The predicted molar refractivity (Wildman–Crippen MR) is 75.2 cm³/mol. The predicted octanol–water partition coefficient (Wildman–Crippen LogP) is 2.09. The smallest absolute Gasteiger partial charge is 0.252 e. The van der Waals surface area contributed by atoms with E-state index in [4.69, 9.17) is 5.73 Å². The van der Waals surface area contributed by atoms with E-state index in [0.717, 1.165) is 11.1 Å². The van der Waals surface area contributed by atoms with Crippen molar-refractivity contribution in [2.24, 2.45) is 5.73 Å². The maximum Gasteiger partial charge on any atom is 0.252 e. The quantitative estimate of drug-likeness (QED) is 0.920. The molecule has 2 aromatic rings. The van der Waals surface area contributed by atoms with Crippen molar-refractivity contribution >= 4 is 32.7 Å². The van der Waals surface area contributed by atoms with E-state index in [1.165, 1.54) is 15.6 Å². The van der Waals surface area contributed by atoms with Gasteiger partial charge in [-0.2, -0.15) is 15.6 Å². The number of hydrogen-bond donors (Lipinski definition) is 1. The van der Waals surface area contributed by atoms with Crippen LogP contribution < -0.4 is 5.73 Å². The van der Waals surface area contributed by atoms with Crippen molar-refractivity contribution in [1.29, 1.82) is 0 Å². The third-order valence-electron chi connectivity index (χ3n) is 2.52. The standard InChI is InChI=1S/C11H14N2O2S3/c1-13(6-9-2-3-16-7-9)18(14,15)11-4-10(5-12)8-17-11/h2-4,7-8H,5-6,12H2,1H3. The van der Waals surface area contributed by atoms with E-state index in [0.29, 0.717) is 17.3 Å². The summed E-state index contributed by atoms with van der Waals surface area (Å²) in [6.07, 6.45) is 0. The molecule has 2 aromatic heterocycles. The van der Waals surface area contributed by atoms with Gasteiger partial charge in [-0.1, -0.05) is 0 Å². The summed E-state index contributed by atoms with van der Waals surface area (Å²) in [5.41, 5.74) is 7.34. The monoisotopic (exact) mass is 302 g/mol. The van der Waals surface area contributed by atoms with Crippen LogP contribution in [0, 0.1) is 0 Å². The summed E-state index contributed by atoms with van der Waals surface area (Å²) in [5, 5.41) is 5.67. The van der Waals surface area contributed by atoms with Crippen molar-refractivity contribution in [2.45, 2.75) is 17.3 Å². The van der Waals surface area contributed by atoms with E-state index in [9.17, 15) is 8.42 Å². The minimum absolute atomic E-state index is 0.348. The Morgan fingerprint density at radius 3 is 2.67 bits per heavy atom. The van der Waals surface area contributed by atoms with Gasteiger partial charge < -0.3 is 5.73 Å². The zero-order valence-corrected chi connectivity index (χ0v) is 12.3. The number of thiophene rings is 2. The highest BCUT2D eigenvalue weighted by atomic mass is 32.2. The summed E-state index contributed by atoms with van der Waals surface area (Å²) in [4.78, 5) is 0. The minimum atomic E-state index is -3.40. The summed E-state index contributed by atoms with van der Waals surface area (Å²) < 4.78 is 26.3. The second-order valence-corrected chi connectivity index (χ2v) is 7.83. The van der Waals surface area contributed by atoms with Gasteiger partial charge in [0.05, 0.1) is 0 Å². The highest BCUT2D eigenvalue weighted by Crippen LogP contribution is 2.24. The summed E-state index contributed by atoms with van der Waals surface area (Å²) in [6, 6.07) is 3.57. The Morgan fingerprint density at radius 1 is 1.33 bits per heavy atom. The minimum Gasteiger partial charge on any atom is -0.326 e. The third-order valence-corrected chi connectivity index (χ3v) is 6.51. The van der Waals surface area contributed by atoms with Crippen LogP contribution in [0.3, 0.4) is 0 Å². The lowest BCUT2D eigenvalue weighted by molar-refractivity contribution is 0.469. The van der Waals surface area contributed by atoms with E-state index < -0.39 is 10.0 Å². The molecule has 2 N–H and O–H groups in total. The molecule has 0 saturated heterocycles. The van der Waals surface area contributed by atoms with Gasteiger partial charge in [-0.05, 0) is 39.4 Å². The molecule has 98 valence electrons. The Hall–Kier alpha value is -0.730. The molecule has 7 heteroatoms. The topological polar surface area (TPSA) is 63.4 Å². The maximum atomic E-state index is 12.3. The highest BCUT2D eigenvalue weighted by Gasteiger charge is 2.22. The number of nitrogens with two attached hydrogens (primary N) is 1. The van der Waals surface area contributed by atoms with Crippen LogP contribution in [-0.2, 0) is 23.1 Å². The van der Waals surface area contributed by atoms with Gasteiger partial charge >= 0.3 is 0 Å². The van der Waals surface area contributed by atoms with Crippen LogP contribution in [0.25, 0.3) is 0 Å². The lowest BCUT2D eigenvalue weighted by atomic mass is 10.3. The summed E-state index contributed by atoms with van der Waals surface area (Å²) in [6.45, 7) is 0.752. The van der Waals surface area contributed by atoms with Crippen molar-refractivity contribution in [2.75, 3.05) is 7.05 Å². The van der Waals surface area contributed by atoms with Gasteiger partial charge in [-0.15, -0.1) is 11.3 Å². The molecule has 0 fully saturated rings. The molecule has 2 heterocycles. The molecule has 0 radical (unpaired) electrons. The van der Waals surface area contributed by atoms with Crippen molar-refractivity contribution in [1.82, 2.24) is 4.31 Å². The molecular formula is C11H14N2O2S3. The Morgan fingerprint density at radius 2 is 2.11 bits per heavy atom. The zero-order valence-electron chi connectivity index (χ0n) is 9.87. The first-order chi connectivity index (χ1) is 8.54. The van der Waals surface area contributed by atoms with Gasteiger partial charge in [-0.25, -0.2) is 8.42 Å². The van der Waals surface area contributed by atoms with Crippen LogP contribution in [0.15, 0.2) is 32.5 Å². The molecule has 0 atom stereocenters. The second kappa shape index (κ2) is 5.50. The molecule has 18 heavy (non-hydrogen) atoms. The first kappa shape index (κ1) is 13.7. The highest BCUT2D eigenvalue weighted by molar-refractivity contribution is 7.91. The van der Waals surface area contributed by atoms with Crippen LogP contribution in [0.2, 0.25) is 0 Å². The number of nitrogens with zero attached hydrogens (tertiary/aromatic N) is 1. The molecule has 0 unspecified atom stereocenters. The van der Waals surface area contributed by atoms with Crippen molar-refractivity contribution in [3.05, 3.63) is 39.4 Å². The van der Waals surface area contributed by atoms with E-state index in [1.54, 1.807) is 29.8 Å². The first-order valence-electron chi connectivity index (χ1n) is 5.29. The molecule has 0 aliphatic carbocycles. The van der Waals surface area contributed by atoms with Gasteiger partial charge in [0, 0.05) is 20.1 Å².